The molecular weight excluding hydrogens is 310 g/mol. The number of nitrogens with zero attached hydrogens (tertiary/aromatic N) is 3. The van der Waals surface area contributed by atoms with E-state index in [0.717, 1.165) is 0 Å². The quantitative estimate of drug-likeness (QED) is 0.669. The molecule has 2 heterocycles. The normalized spacial score (nSPS) is 10.8. The second-order valence-corrected chi connectivity index (χ2v) is 4.85. The zero-order valence-electron chi connectivity index (χ0n) is 11.1. The third-order valence-electron chi connectivity index (χ3n) is 2.96. The number of hydrogen-bond donors (Lipinski definition) is 3. The van der Waals surface area contributed by atoms with Crippen LogP contribution in [0.1, 0.15) is 15.9 Å². The molecule has 0 aliphatic carbocycles. The number of halogens is 1. The van der Waals surface area contributed by atoms with Crippen LogP contribution in [0.15, 0.2) is 24.3 Å². The summed E-state index contributed by atoms with van der Waals surface area (Å²) in [6.45, 7) is 0.129. The zero-order valence-corrected chi connectivity index (χ0v) is 11.8. The average molecular weight is 320 g/mol. The van der Waals surface area contributed by atoms with Crippen LogP contribution in [0.5, 0.6) is 5.75 Å². The Morgan fingerprint density at radius 1 is 1.36 bits per heavy atom. The molecule has 0 fully saturated rings. The zero-order chi connectivity index (χ0) is 15.7. The lowest BCUT2D eigenvalue weighted by molar-refractivity contribution is 0.0697. The smallest absolute Gasteiger partial charge is 0.335 e. The number of rotatable bonds is 4. The number of aromatic nitrogens is 4. The number of nitrogen functional groups attached to an aromatic ring is 1. The number of anilines is 1. The minimum absolute atomic E-state index is 0.112. The highest BCUT2D eigenvalue weighted by Crippen LogP contribution is 2.25. The molecule has 0 saturated heterocycles. The molecule has 0 aliphatic heterocycles. The standard InChI is InChI=1S/C13H10ClN5O3/c14-8-3-6(13(20)21)1-2-7(8)5-22-9-4-10(15)16-12-11(9)17-19-18-12/h1-4H,5H2,(H,20,21)(H3,15,16,17,18,19). The van der Waals surface area contributed by atoms with E-state index in [1.165, 1.54) is 18.2 Å². The summed E-state index contributed by atoms with van der Waals surface area (Å²) in [5.41, 5.74) is 7.22. The lowest BCUT2D eigenvalue weighted by atomic mass is 10.1. The predicted octanol–water partition coefficient (Wildman–Crippen LogP) is 1.87. The molecule has 3 rings (SSSR count). The molecule has 112 valence electrons. The summed E-state index contributed by atoms with van der Waals surface area (Å²) >= 11 is 6.05. The molecule has 0 aliphatic rings. The van der Waals surface area contributed by atoms with Gasteiger partial charge in [0, 0.05) is 16.7 Å². The van der Waals surface area contributed by atoms with Crippen molar-refractivity contribution in [2.24, 2.45) is 0 Å². The molecule has 22 heavy (non-hydrogen) atoms. The Labute approximate surface area is 128 Å². The number of aromatic carboxylic acids is 1. The van der Waals surface area contributed by atoms with Crippen molar-refractivity contribution in [3.63, 3.8) is 0 Å². The van der Waals surface area contributed by atoms with Gasteiger partial charge in [-0.2, -0.15) is 10.3 Å². The highest BCUT2D eigenvalue weighted by Gasteiger charge is 2.12. The molecule has 0 bridgehead atoms. The monoisotopic (exact) mass is 319 g/mol. The SMILES string of the molecule is Nc1cc(OCc2ccc(C(=O)O)cc2Cl)c2n[nH]nc2n1. The van der Waals surface area contributed by atoms with Crippen LogP contribution in [0.3, 0.4) is 0 Å². The number of hydrogen-bond acceptors (Lipinski definition) is 6. The Morgan fingerprint density at radius 3 is 2.91 bits per heavy atom. The molecule has 0 spiro atoms. The Kier molecular flexibility index (Phi) is 3.51. The fourth-order valence-electron chi connectivity index (χ4n) is 1.89. The molecule has 2 aromatic heterocycles. The fourth-order valence-corrected chi connectivity index (χ4v) is 2.12. The number of carboxylic acid groups (broad SMARTS) is 1. The summed E-state index contributed by atoms with van der Waals surface area (Å²) in [4.78, 5) is 14.9. The van der Waals surface area contributed by atoms with E-state index in [4.69, 9.17) is 27.2 Å². The number of fused-ring (bicyclic) bond motifs is 1. The highest BCUT2D eigenvalue weighted by molar-refractivity contribution is 6.31. The minimum Gasteiger partial charge on any atom is -0.486 e. The third kappa shape index (κ3) is 2.63. The van der Waals surface area contributed by atoms with Crippen molar-refractivity contribution in [1.82, 2.24) is 20.4 Å². The van der Waals surface area contributed by atoms with Gasteiger partial charge in [-0.15, -0.1) is 5.10 Å². The molecule has 8 nitrogen and oxygen atoms in total. The number of pyridine rings is 1. The van der Waals surface area contributed by atoms with Crippen molar-refractivity contribution in [2.45, 2.75) is 6.61 Å². The number of carboxylic acids is 1. The van der Waals surface area contributed by atoms with Gasteiger partial charge in [-0.25, -0.2) is 9.78 Å². The lowest BCUT2D eigenvalue weighted by Gasteiger charge is -2.09. The molecule has 0 saturated carbocycles. The number of H-pyrrole nitrogens is 1. The topological polar surface area (TPSA) is 127 Å². The molecule has 0 atom stereocenters. The van der Waals surface area contributed by atoms with E-state index in [0.29, 0.717) is 27.5 Å². The van der Waals surface area contributed by atoms with Gasteiger partial charge in [0.25, 0.3) is 0 Å². The van der Waals surface area contributed by atoms with E-state index in [1.54, 1.807) is 6.07 Å². The minimum atomic E-state index is -1.04. The Hall–Kier alpha value is -2.87. The molecule has 1 aromatic carbocycles. The number of nitrogens with two attached hydrogens (primary N) is 1. The van der Waals surface area contributed by atoms with Gasteiger partial charge in [0.05, 0.1) is 5.56 Å². The summed E-state index contributed by atoms with van der Waals surface area (Å²) in [7, 11) is 0. The van der Waals surface area contributed by atoms with Crippen LogP contribution in [0, 0.1) is 0 Å². The van der Waals surface area contributed by atoms with Gasteiger partial charge in [-0.3, -0.25) is 0 Å². The van der Waals surface area contributed by atoms with Gasteiger partial charge < -0.3 is 15.6 Å². The second-order valence-electron chi connectivity index (χ2n) is 4.44. The largest absolute Gasteiger partial charge is 0.486 e. The molecule has 9 heteroatoms. The van der Waals surface area contributed by atoms with Crippen LogP contribution in [-0.4, -0.2) is 31.5 Å². The first-order valence-corrected chi connectivity index (χ1v) is 6.54. The van der Waals surface area contributed by atoms with Crippen LogP contribution in [0.2, 0.25) is 5.02 Å². The summed E-state index contributed by atoms with van der Waals surface area (Å²) in [5, 5.41) is 19.4. The van der Waals surface area contributed by atoms with Crippen molar-refractivity contribution in [3.05, 3.63) is 40.4 Å². The first kappa shape index (κ1) is 14.1. The molecule has 3 aromatic rings. The molecule has 0 unspecified atom stereocenters. The van der Waals surface area contributed by atoms with Gasteiger partial charge in [0.15, 0.2) is 11.3 Å². The first-order chi connectivity index (χ1) is 10.5. The summed E-state index contributed by atoms with van der Waals surface area (Å²) in [6.07, 6.45) is 0. The average Bonchev–Trinajstić information content (AvgIpc) is 2.93. The summed E-state index contributed by atoms with van der Waals surface area (Å²) < 4.78 is 5.65. The second kappa shape index (κ2) is 5.49. The van der Waals surface area contributed by atoms with Crippen molar-refractivity contribution < 1.29 is 14.6 Å². The Bertz CT molecular complexity index is 864. The number of ether oxygens (including phenoxy) is 1. The maximum absolute atomic E-state index is 10.9. The number of carbonyl (C=O) groups is 1. The summed E-state index contributed by atoms with van der Waals surface area (Å²) in [5.74, 6) is -0.376. The van der Waals surface area contributed by atoms with Crippen LogP contribution >= 0.6 is 11.6 Å². The Morgan fingerprint density at radius 2 is 2.18 bits per heavy atom. The maximum atomic E-state index is 10.9. The van der Waals surface area contributed by atoms with Gasteiger partial charge >= 0.3 is 5.97 Å². The number of aromatic amines is 1. The van der Waals surface area contributed by atoms with Gasteiger partial charge in [0.2, 0.25) is 5.65 Å². The predicted molar refractivity (Wildman–Crippen MR) is 78.8 cm³/mol. The van der Waals surface area contributed by atoms with Crippen molar-refractivity contribution in [1.29, 1.82) is 0 Å². The van der Waals surface area contributed by atoms with Gasteiger partial charge in [-0.1, -0.05) is 17.7 Å². The number of nitrogens with one attached hydrogen (secondary N) is 1. The highest BCUT2D eigenvalue weighted by atomic mass is 35.5. The van der Waals surface area contributed by atoms with Gasteiger partial charge in [-0.05, 0) is 12.1 Å². The van der Waals surface area contributed by atoms with Crippen LogP contribution in [-0.2, 0) is 6.61 Å². The van der Waals surface area contributed by atoms with E-state index in [-0.39, 0.29) is 18.0 Å². The Balaban J connectivity index is 1.85. The van der Waals surface area contributed by atoms with Crippen molar-refractivity contribution in [2.75, 3.05) is 5.73 Å². The van der Waals surface area contributed by atoms with E-state index < -0.39 is 5.97 Å². The van der Waals surface area contributed by atoms with Crippen LogP contribution in [0.25, 0.3) is 11.2 Å². The van der Waals surface area contributed by atoms with E-state index in [9.17, 15) is 4.79 Å². The van der Waals surface area contributed by atoms with E-state index in [1.807, 2.05) is 0 Å². The van der Waals surface area contributed by atoms with E-state index >= 15 is 0 Å². The maximum Gasteiger partial charge on any atom is 0.335 e. The van der Waals surface area contributed by atoms with E-state index in [2.05, 4.69) is 20.4 Å². The molecule has 0 amide bonds. The number of benzene rings is 1. The first-order valence-electron chi connectivity index (χ1n) is 6.16. The third-order valence-corrected chi connectivity index (χ3v) is 3.31. The fraction of sp³-hybridized carbons (Fsp3) is 0.0769. The summed E-state index contributed by atoms with van der Waals surface area (Å²) in [6, 6.07) is 5.95. The molecular formula is C13H10ClN5O3. The van der Waals surface area contributed by atoms with Crippen LogP contribution in [0.4, 0.5) is 5.82 Å². The molecule has 0 radical (unpaired) electrons. The van der Waals surface area contributed by atoms with Gasteiger partial charge in [0.1, 0.15) is 12.4 Å². The molecule has 4 N–H and O–H groups in total. The lowest BCUT2D eigenvalue weighted by Crippen LogP contribution is -2.01. The van der Waals surface area contributed by atoms with Crippen molar-refractivity contribution >= 4 is 34.6 Å². The van der Waals surface area contributed by atoms with Crippen LogP contribution < -0.4 is 10.5 Å². The van der Waals surface area contributed by atoms with Crippen molar-refractivity contribution in [3.8, 4) is 5.75 Å².